The van der Waals surface area contributed by atoms with Crippen molar-refractivity contribution in [1.82, 2.24) is 15.0 Å². The number of hydrogen-bond acceptors (Lipinski definition) is 2. The van der Waals surface area contributed by atoms with Crippen molar-refractivity contribution in [3.05, 3.63) is 11.9 Å². The second kappa shape index (κ2) is 4.40. The lowest BCUT2D eigenvalue weighted by Gasteiger charge is -2.08. The average molecular weight is 181 g/mol. The van der Waals surface area contributed by atoms with Crippen LogP contribution in [0.15, 0.2) is 6.20 Å². The normalized spacial score (nSPS) is 13.6. The molecule has 1 aromatic heterocycles. The molecule has 3 nitrogen and oxygen atoms in total. The quantitative estimate of drug-likeness (QED) is 0.715. The summed E-state index contributed by atoms with van der Waals surface area (Å²) in [6.07, 6.45) is 4.42. The van der Waals surface area contributed by atoms with Crippen LogP contribution >= 0.6 is 0 Å². The third-order valence-electron chi connectivity index (χ3n) is 2.28. The molecular formula is C10H19N3. The van der Waals surface area contributed by atoms with Gasteiger partial charge in [0.15, 0.2) is 0 Å². The van der Waals surface area contributed by atoms with E-state index in [2.05, 4.69) is 44.2 Å². The van der Waals surface area contributed by atoms with E-state index in [1.807, 2.05) is 4.68 Å². The van der Waals surface area contributed by atoms with Crippen molar-refractivity contribution in [3.63, 3.8) is 0 Å². The lowest BCUT2D eigenvalue weighted by molar-refractivity contribution is 0.443. The van der Waals surface area contributed by atoms with Gasteiger partial charge < -0.3 is 0 Å². The zero-order valence-electron chi connectivity index (χ0n) is 8.99. The monoisotopic (exact) mass is 181 g/mol. The number of nitrogens with zero attached hydrogens (tertiary/aromatic N) is 3. The third-order valence-corrected chi connectivity index (χ3v) is 2.28. The summed E-state index contributed by atoms with van der Waals surface area (Å²) in [6.45, 7) is 8.65. The van der Waals surface area contributed by atoms with E-state index in [0.717, 1.165) is 5.69 Å². The van der Waals surface area contributed by atoms with Crippen molar-refractivity contribution in [3.8, 4) is 0 Å². The highest BCUT2D eigenvalue weighted by atomic mass is 15.4. The first-order valence-corrected chi connectivity index (χ1v) is 5.06. The van der Waals surface area contributed by atoms with Crippen molar-refractivity contribution in [2.45, 2.75) is 52.5 Å². The Morgan fingerprint density at radius 3 is 2.54 bits per heavy atom. The molecule has 0 saturated heterocycles. The van der Waals surface area contributed by atoms with Crippen molar-refractivity contribution < 1.29 is 0 Å². The summed E-state index contributed by atoms with van der Waals surface area (Å²) >= 11 is 0. The molecule has 0 spiro atoms. The molecule has 0 aliphatic rings. The fourth-order valence-corrected chi connectivity index (χ4v) is 1.32. The Labute approximate surface area is 80.1 Å². The van der Waals surface area contributed by atoms with Crippen LogP contribution in [-0.4, -0.2) is 15.0 Å². The SMILES string of the molecule is CCCC(C)n1cc(C(C)C)nn1. The van der Waals surface area contributed by atoms with Crippen molar-refractivity contribution in [2.75, 3.05) is 0 Å². The fraction of sp³-hybridized carbons (Fsp3) is 0.800. The second-order valence-electron chi connectivity index (χ2n) is 3.92. The third kappa shape index (κ3) is 2.54. The van der Waals surface area contributed by atoms with Gasteiger partial charge in [-0.3, -0.25) is 0 Å². The highest BCUT2D eigenvalue weighted by molar-refractivity contribution is 4.98. The van der Waals surface area contributed by atoms with Gasteiger partial charge in [0.25, 0.3) is 0 Å². The maximum absolute atomic E-state index is 4.13. The maximum Gasteiger partial charge on any atom is 0.0852 e. The molecule has 1 atom stereocenters. The van der Waals surface area contributed by atoms with Gasteiger partial charge in [0.1, 0.15) is 0 Å². The first-order chi connectivity index (χ1) is 6.15. The standard InChI is InChI=1S/C10H19N3/c1-5-6-9(4)13-7-10(8(2)3)11-12-13/h7-9H,5-6H2,1-4H3. The predicted molar refractivity (Wildman–Crippen MR) is 53.7 cm³/mol. The summed E-state index contributed by atoms with van der Waals surface area (Å²) in [7, 11) is 0. The van der Waals surface area contributed by atoms with Crippen LogP contribution < -0.4 is 0 Å². The molecular weight excluding hydrogens is 162 g/mol. The van der Waals surface area contributed by atoms with Gasteiger partial charge in [-0.15, -0.1) is 5.10 Å². The van der Waals surface area contributed by atoms with Gasteiger partial charge in [0, 0.05) is 6.20 Å². The lowest BCUT2D eigenvalue weighted by atomic mass is 10.1. The summed E-state index contributed by atoms with van der Waals surface area (Å²) in [5, 5.41) is 8.25. The molecule has 1 unspecified atom stereocenters. The van der Waals surface area contributed by atoms with Crippen LogP contribution in [0, 0.1) is 0 Å². The van der Waals surface area contributed by atoms with Gasteiger partial charge in [-0.25, -0.2) is 4.68 Å². The largest absolute Gasteiger partial charge is 0.250 e. The van der Waals surface area contributed by atoms with Crippen molar-refractivity contribution in [2.24, 2.45) is 0 Å². The van der Waals surface area contributed by atoms with Crippen molar-refractivity contribution in [1.29, 1.82) is 0 Å². The van der Waals surface area contributed by atoms with E-state index >= 15 is 0 Å². The Hall–Kier alpha value is -0.860. The molecule has 3 heteroatoms. The molecule has 1 aromatic rings. The molecule has 1 rings (SSSR count). The van der Waals surface area contributed by atoms with E-state index in [4.69, 9.17) is 0 Å². The molecule has 0 aliphatic carbocycles. The molecule has 0 bridgehead atoms. The molecule has 0 radical (unpaired) electrons. The summed E-state index contributed by atoms with van der Waals surface area (Å²) < 4.78 is 1.97. The first-order valence-electron chi connectivity index (χ1n) is 5.06. The Morgan fingerprint density at radius 1 is 1.38 bits per heavy atom. The minimum Gasteiger partial charge on any atom is -0.250 e. The summed E-state index contributed by atoms with van der Waals surface area (Å²) in [5.74, 6) is 0.475. The van der Waals surface area contributed by atoms with Crippen LogP contribution in [0.25, 0.3) is 0 Å². The van der Waals surface area contributed by atoms with Crippen molar-refractivity contribution >= 4 is 0 Å². The maximum atomic E-state index is 4.13. The molecule has 0 amide bonds. The molecule has 0 aliphatic heterocycles. The summed E-state index contributed by atoms with van der Waals surface area (Å²) in [5.41, 5.74) is 1.09. The first kappa shape index (κ1) is 10.2. The van der Waals surface area contributed by atoms with Crippen LogP contribution in [0.1, 0.15) is 58.2 Å². The van der Waals surface area contributed by atoms with Crippen LogP contribution in [0.5, 0.6) is 0 Å². The van der Waals surface area contributed by atoms with Gasteiger partial charge in [-0.2, -0.15) is 0 Å². The predicted octanol–water partition coefficient (Wildman–Crippen LogP) is 2.76. The zero-order valence-corrected chi connectivity index (χ0v) is 8.99. The van der Waals surface area contributed by atoms with E-state index in [9.17, 15) is 0 Å². The molecule has 0 N–H and O–H groups in total. The van der Waals surface area contributed by atoms with E-state index in [-0.39, 0.29) is 0 Å². The van der Waals surface area contributed by atoms with Crippen LogP contribution in [0.3, 0.4) is 0 Å². The number of hydrogen-bond donors (Lipinski definition) is 0. The fourth-order valence-electron chi connectivity index (χ4n) is 1.32. The van der Waals surface area contributed by atoms with Gasteiger partial charge in [-0.05, 0) is 19.3 Å². The lowest BCUT2D eigenvalue weighted by Crippen LogP contribution is -2.05. The Balaban J connectivity index is 2.67. The second-order valence-corrected chi connectivity index (χ2v) is 3.92. The van der Waals surface area contributed by atoms with Gasteiger partial charge >= 0.3 is 0 Å². The number of rotatable bonds is 4. The molecule has 13 heavy (non-hydrogen) atoms. The van der Waals surface area contributed by atoms with Gasteiger partial charge in [0.05, 0.1) is 11.7 Å². The smallest absolute Gasteiger partial charge is 0.0852 e. The minimum atomic E-state index is 0.475. The van der Waals surface area contributed by atoms with Crippen LogP contribution in [0.2, 0.25) is 0 Å². The van der Waals surface area contributed by atoms with E-state index in [1.54, 1.807) is 0 Å². The van der Waals surface area contributed by atoms with Crippen LogP contribution in [0.4, 0.5) is 0 Å². The highest BCUT2D eigenvalue weighted by Crippen LogP contribution is 2.15. The zero-order chi connectivity index (χ0) is 9.84. The van der Waals surface area contributed by atoms with E-state index in [0.29, 0.717) is 12.0 Å². The summed E-state index contributed by atoms with van der Waals surface area (Å²) in [4.78, 5) is 0. The molecule has 1 heterocycles. The molecule has 0 aromatic carbocycles. The topological polar surface area (TPSA) is 30.7 Å². The Morgan fingerprint density at radius 2 is 2.08 bits per heavy atom. The molecule has 0 saturated carbocycles. The summed E-state index contributed by atoms with van der Waals surface area (Å²) in [6, 6.07) is 0.477. The Kier molecular flexibility index (Phi) is 3.46. The van der Waals surface area contributed by atoms with Crippen LogP contribution in [-0.2, 0) is 0 Å². The Bertz CT molecular complexity index is 252. The molecule has 0 fully saturated rings. The minimum absolute atomic E-state index is 0.475. The number of aromatic nitrogens is 3. The van der Waals surface area contributed by atoms with Gasteiger partial charge in [-0.1, -0.05) is 32.4 Å². The average Bonchev–Trinajstić information content (AvgIpc) is 2.52. The molecule has 74 valence electrons. The van der Waals surface area contributed by atoms with E-state index in [1.165, 1.54) is 12.8 Å². The van der Waals surface area contributed by atoms with Gasteiger partial charge in [0.2, 0.25) is 0 Å². The van der Waals surface area contributed by atoms with E-state index < -0.39 is 0 Å². The highest BCUT2D eigenvalue weighted by Gasteiger charge is 2.08.